The van der Waals surface area contributed by atoms with Crippen LogP contribution in [-0.2, 0) is 5.41 Å². The molecule has 4 nitrogen and oxygen atoms in total. The van der Waals surface area contributed by atoms with Gasteiger partial charge in [0.05, 0.1) is 17.4 Å². The van der Waals surface area contributed by atoms with Crippen molar-refractivity contribution in [3.63, 3.8) is 0 Å². The van der Waals surface area contributed by atoms with Crippen LogP contribution in [0.5, 0.6) is 0 Å². The fourth-order valence-corrected chi connectivity index (χ4v) is 2.17. The molecule has 118 valence electrons. The molecule has 1 N–H and O–H groups in total. The van der Waals surface area contributed by atoms with Crippen molar-refractivity contribution in [2.45, 2.75) is 26.2 Å². The molecule has 0 radical (unpaired) electrons. The Labute approximate surface area is 132 Å². The molecule has 3 aromatic heterocycles. The second-order valence-corrected chi connectivity index (χ2v) is 6.28. The number of aromatic nitrogens is 3. The summed E-state index contributed by atoms with van der Waals surface area (Å²) in [5.41, 5.74) is 1.30. The molecule has 0 amide bonds. The molecule has 0 fully saturated rings. The van der Waals surface area contributed by atoms with E-state index in [1.165, 1.54) is 12.3 Å². The molecule has 0 aromatic carbocycles. The molecule has 6 heteroatoms. The maximum atomic E-state index is 14.1. The summed E-state index contributed by atoms with van der Waals surface area (Å²) in [7, 11) is 0. The normalized spacial score (nSPS) is 11.7. The summed E-state index contributed by atoms with van der Waals surface area (Å²) in [5, 5.41) is 2.82. The minimum atomic E-state index is -0.522. The van der Waals surface area contributed by atoms with Gasteiger partial charge in [-0.15, -0.1) is 0 Å². The minimum Gasteiger partial charge on any atom is -0.338 e. The number of hydrogen-bond acceptors (Lipinski definition) is 4. The first-order valence-electron chi connectivity index (χ1n) is 7.19. The zero-order chi connectivity index (χ0) is 16.6. The van der Waals surface area contributed by atoms with Gasteiger partial charge in [0.1, 0.15) is 11.3 Å². The Morgan fingerprint density at radius 3 is 2.57 bits per heavy atom. The zero-order valence-electron chi connectivity index (χ0n) is 13.1. The van der Waals surface area contributed by atoms with E-state index in [0.29, 0.717) is 5.52 Å². The van der Waals surface area contributed by atoms with Gasteiger partial charge in [-0.25, -0.2) is 13.8 Å². The molecule has 0 aliphatic carbocycles. The number of fused-ring (bicyclic) bond motifs is 1. The third-order valence-corrected chi connectivity index (χ3v) is 3.40. The van der Waals surface area contributed by atoms with Crippen LogP contribution in [0.15, 0.2) is 36.7 Å². The van der Waals surface area contributed by atoms with Gasteiger partial charge in [0.25, 0.3) is 0 Å². The van der Waals surface area contributed by atoms with Gasteiger partial charge >= 0.3 is 0 Å². The van der Waals surface area contributed by atoms with E-state index in [1.807, 2.05) is 20.8 Å². The number of nitrogens with zero attached hydrogens (tertiary/aromatic N) is 3. The zero-order valence-corrected chi connectivity index (χ0v) is 13.1. The molecular formula is C17H16F2N4. The average Bonchev–Trinajstić information content (AvgIpc) is 2.48. The van der Waals surface area contributed by atoms with Crippen molar-refractivity contribution in [2.24, 2.45) is 0 Å². The van der Waals surface area contributed by atoms with Crippen LogP contribution in [-0.4, -0.2) is 15.0 Å². The van der Waals surface area contributed by atoms with E-state index >= 15 is 0 Å². The SMILES string of the molecule is CC(C)(C)c1cc(Nc2cc(F)c3ncccc3n2)c(F)cn1. The molecule has 0 spiro atoms. The van der Waals surface area contributed by atoms with Gasteiger partial charge in [0.15, 0.2) is 11.6 Å². The number of halogens is 2. The van der Waals surface area contributed by atoms with Gasteiger partial charge in [-0.3, -0.25) is 9.97 Å². The van der Waals surface area contributed by atoms with Crippen LogP contribution in [0.1, 0.15) is 26.5 Å². The summed E-state index contributed by atoms with van der Waals surface area (Å²) in [5.74, 6) is -0.817. The summed E-state index contributed by atoms with van der Waals surface area (Å²) in [6.45, 7) is 5.95. The van der Waals surface area contributed by atoms with E-state index < -0.39 is 11.6 Å². The maximum Gasteiger partial charge on any atom is 0.164 e. The number of hydrogen-bond donors (Lipinski definition) is 1. The number of anilines is 2. The van der Waals surface area contributed by atoms with Crippen LogP contribution in [0, 0.1) is 11.6 Å². The lowest BCUT2D eigenvalue weighted by Crippen LogP contribution is -2.14. The molecule has 0 saturated heterocycles. The highest BCUT2D eigenvalue weighted by Crippen LogP contribution is 2.27. The van der Waals surface area contributed by atoms with Gasteiger partial charge in [0.2, 0.25) is 0 Å². The van der Waals surface area contributed by atoms with E-state index in [0.717, 1.165) is 11.9 Å². The molecule has 3 heterocycles. The fraction of sp³-hybridized carbons (Fsp3) is 0.235. The lowest BCUT2D eigenvalue weighted by molar-refractivity contribution is 0.559. The molecule has 0 atom stereocenters. The van der Waals surface area contributed by atoms with Crippen molar-refractivity contribution < 1.29 is 8.78 Å². The van der Waals surface area contributed by atoms with Crippen molar-refractivity contribution in [2.75, 3.05) is 5.32 Å². The van der Waals surface area contributed by atoms with Gasteiger partial charge in [-0.2, -0.15) is 0 Å². The van der Waals surface area contributed by atoms with Crippen molar-refractivity contribution in [3.8, 4) is 0 Å². The lowest BCUT2D eigenvalue weighted by atomic mass is 9.91. The van der Waals surface area contributed by atoms with E-state index in [9.17, 15) is 8.78 Å². The average molecular weight is 314 g/mol. The van der Waals surface area contributed by atoms with Crippen LogP contribution in [0.4, 0.5) is 20.3 Å². The first-order chi connectivity index (χ1) is 10.8. The van der Waals surface area contributed by atoms with Gasteiger partial charge in [-0.1, -0.05) is 20.8 Å². The molecule has 3 aromatic rings. The molecule has 0 aliphatic heterocycles. The lowest BCUT2D eigenvalue weighted by Gasteiger charge is -2.19. The Balaban J connectivity index is 2.02. The standard InChI is InChI=1S/C17H16F2N4/c1-17(2,3)14-8-13(11(19)9-21-14)23-15-7-10(18)16-12(22-15)5-4-6-20-16/h4-9H,1-3H3,(H,21,22,23). The number of nitrogens with one attached hydrogen (secondary N) is 1. The Bertz CT molecular complexity index is 872. The highest BCUT2D eigenvalue weighted by atomic mass is 19.1. The van der Waals surface area contributed by atoms with Crippen molar-refractivity contribution in [3.05, 3.63) is 54.0 Å². The van der Waals surface area contributed by atoms with E-state index in [1.54, 1.807) is 18.2 Å². The second-order valence-electron chi connectivity index (χ2n) is 6.28. The van der Waals surface area contributed by atoms with Crippen molar-refractivity contribution in [1.29, 1.82) is 0 Å². The van der Waals surface area contributed by atoms with Crippen molar-refractivity contribution >= 4 is 22.5 Å². The molecule has 0 bridgehead atoms. The van der Waals surface area contributed by atoms with E-state index in [-0.39, 0.29) is 22.4 Å². The van der Waals surface area contributed by atoms with Crippen molar-refractivity contribution in [1.82, 2.24) is 15.0 Å². The monoisotopic (exact) mass is 314 g/mol. The smallest absolute Gasteiger partial charge is 0.164 e. The fourth-order valence-electron chi connectivity index (χ4n) is 2.17. The largest absolute Gasteiger partial charge is 0.338 e. The molecule has 0 aliphatic rings. The summed E-state index contributed by atoms with van der Waals surface area (Å²) in [6.07, 6.45) is 2.65. The molecule has 23 heavy (non-hydrogen) atoms. The minimum absolute atomic E-state index is 0.184. The first-order valence-corrected chi connectivity index (χ1v) is 7.19. The summed E-state index contributed by atoms with van der Waals surface area (Å²) in [4.78, 5) is 12.3. The number of pyridine rings is 3. The predicted molar refractivity (Wildman–Crippen MR) is 85.7 cm³/mol. The molecule has 0 saturated carbocycles. The van der Waals surface area contributed by atoms with Crippen LogP contribution < -0.4 is 5.32 Å². The van der Waals surface area contributed by atoms with Gasteiger partial charge in [0, 0.05) is 23.4 Å². The van der Waals surface area contributed by atoms with Crippen LogP contribution in [0.3, 0.4) is 0 Å². The first kappa shape index (κ1) is 15.3. The molecule has 0 unspecified atom stereocenters. The van der Waals surface area contributed by atoms with Crippen LogP contribution in [0.2, 0.25) is 0 Å². The summed E-state index contributed by atoms with van der Waals surface area (Å²) in [6, 6.07) is 6.14. The highest BCUT2D eigenvalue weighted by molar-refractivity contribution is 5.77. The van der Waals surface area contributed by atoms with E-state index in [4.69, 9.17) is 0 Å². The Morgan fingerprint density at radius 1 is 1.04 bits per heavy atom. The topological polar surface area (TPSA) is 50.7 Å². The summed E-state index contributed by atoms with van der Waals surface area (Å²) >= 11 is 0. The number of rotatable bonds is 2. The highest BCUT2D eigenvalue weighted by Gasteiger charge is 2.18. The van der Waals surface area contributed by atoms with Crippen LogP contribution >= 0.6 is 0 Å². The van der Waals surface area contributed by atoms with Gasteiger partial charge in [-0.05, 0) is 18.2 Å². The quantitative estimate of drug-likeness (QED) is 0.764. The third kappa shape index (κ3) is 3.11. The predicted octanol–water partition coefficient (Wildman–Crippen LogP) is 4.34. The third-order valence-electron chi connectivity index (χ3n) is 3.40. The molecule has 3 rings (SSSR count). The van der Waals surface area contributed by atoms with Gasteiger partial charge < -0.3 is 5.32 Å². The summed E-state index contributed by atoms with van der Waals surface area (Å²) < 4.78 is 28.1. The Morgan fingerprint density at radius 2 is 1.83 bits per heavy atom. The maximum absolute atomic E-state index is 14.1. The Hall–Kier alpha value is -2.63. The molecular weight excluding hydrogens is 298 g/mol. The Kier molecular flexibility index (Phi) is 3.67. The second kappa shape index (κ2) is 5.53. The van der Waals surface area contributed by atoms with Crippen LogP contribution in [0.25, 0.3) is 11.0 Å². The van der Waals surface area contributed by atoms with E-state index in [2.05, 4.69) is 20.3 Å².